The summed E-state index contributed by atoms with van der Waals surface area (Å²) in [6, 6.07) is 14.6. The first-order valence-electron chi connectivity index (χ1n) is 9.65. The number of hydrogen-bond donors (Lipinski definition) is 2. The van der Waals surface area contributed by atoms with Crippen LogP contribution in [0.5, 0.6) is 0 Å². The fraction of sp³-hybridized carbons (Fsp3) is 0.136. The number of fused-ring (bicyclic) bond motifs is 1. The molecule has 1 aromatic carbocycles. The van der Waals surface area contributed by atoms with Gasteiger partial charge in [-0.3, -0.25) is 19.0 Å². The zero-order valence-corrected chi connectivity index (χ0v) is 17.9. The molecular formula is C22H19N5O4S. The molecule has 32 heavy (non-hydrogen) atoms. The van der Waals surface area contributed by atoms with Crippen molar-refractivity contribution in [3.8, 4) is 0 Å². The van der Waals surface area contributed by atoms with E-state index >= 15 is 0 Å². The van der Waals surface area contributed by atoms with E-state index in [-0.39, 0.29) is 17.9 Å². The Morgan fingerprint density at radius 2 is 1.94 bits per heavy atom. The lowest BCUT2D eigenvalue weighted by Crippen LogP contribution is -2.29. The number of rotatable bonds is 7. The number of anilines is 2. The standard InChI is InChI=1S/C22H19N5O4S/c1-31-18(28)12-27-20-15(10-16(22(27)30)26-21(29)17-8-5-9-32-17)19(24-13-25-20)23-11-14-6-3-2-4-7-14/h2-10,13H,11-12H2,1H3,(H,26,29)(H,23,24,25). The maximum absolute atomic E-state index is 13.1. The average molecular weight is 449 g/mol. The molecule has 0 aliphatic rings. The van der Waals surface area contributed by atoms with Crippen molar-refractivity contribution in [2.45, 2.75) is 13.1 Å². The normalized spacial score (nSPS) is 10.7. The number of carbonyl (C=O) groups is 2. The second-order valence-corrected chi connectivity index (χ2v) is 7.70. The van der Waals surface area contributed by atoms with Gasteiger partial charge < -0.3 is 15.4 Å². The lowest BCUT2D eigenvalue weighted by Gasteiger charge is -2.14. The summed E-state index contributed by atoms with van der Waals surface area (Å²) in [5.41, 5.74) is 0.728. The first-order chi connectivity index (χ1) is 15.6. The van der Waals surface area contributed by atoms with E-state index in [1.165, 1.54) is 35.4 Å². The Labute approximate surface area is 186 Å². The molecule has 0 unspecified atom stereocenters. The van der Waals surface area contributed by atoms with Crippen molar-refractivity contribution in [3.05, 3.63) is 81.0 Å². The molecule has 0 fully saturated rings. The first kappa shape index (κ1) is 21.2. The van der Waals surface area contributed by atoms with Gasteiger partial charge in [-0.05, 0) is 23.1 Å². The SMILES string of the molecule is COC(=O)Cn1c(=O)c(NC(=O)c2cccs2)cc2c(NCc3ccccc3)ncnc21. The van der Waals surface area contributed by atoms with Crippen molar-refractivity contribution in [2.75, 3.05) is 17.7 Å². The van der Waals surface area contributed by atoms with E-state index in [2.05, 4.69) is 20.6 Å². The van der Waals surface area contributed by atoms with Crippen molar-refractivity contribution in [1.29, 1.82) is 0 Å². The van der Waals surface area contributed by atoms with Gasteiger partial charge in [0, 0.05) is 6.54 Å². The number of ether oxygens (including phenoxy) is 1. The van der Waals surface area contributed by atoms with Gasteiger partial charge in [0.15, 0.2) is 0 Å². The van der Waals surface area contributed by atoms with Gasteiger partial charge in [0.05, 0.1) is 17.4 Å². The zero-order chi connectivity index (χ0) is 22.5. The zero-order valence-electron chi connectivity index (χ0n) is 17.1. The molecule has 10 heteroatoms. The average Bonchev–Trinajstić information content (AvgIpc) is 3.36. The number of amides is 1. The molecule has 0 aliphatic carbocycles. The molecule has 4 aromatic rings. The summed E-state index contributed by atoms with van der Waals surface area (Å²) in [5, 5.41) is 8.12. The maximum atomic E-state index is 13.1. The highest BCUT2D eigenvalue weighted by Crippen LogP contribution is 2.22. The van der Waals surface area contributed by atoms with Crippen LogP contribution in [0.1, 0.15) is 15.2 Å². The minimum atomic E-state index is -0.618. The Hall–Kier alpha value is -4.05. The minimum absolute atomic E-state index is 0.0114. The van der Waals surface area contributed by atoms with E-state index in [0.29, 0.717) is 22.6 Å². The Morgan fingerprint density at radius 3 is 2.66 bits per heavy atom. The van der Waals surface area contributed by atoms with Crippen LogP contribution in [0.4, 0.5) is 11.5 Å². The Kier molecular flexibility index (Phi) is 6.22. The lowest BCUT2D eigenvalue weighted by atomic mass is 10.2. The van der Waals surface area contributed by atoms with Gasteiger partial charge in [-0.1, -0.05) is 36.4 Å². The number of thiophene rings is 1. The van der Waals surface area contributed by atoms with Crippen LogP contribution in [-0.4, -0.2) is 33.5 Å². The summed E-state index contributed by atoms with van der Waals surface area (Å²) in [4.78, 5) is 46.6. The number of aromatic nitrogens is 3. The molecule has 4 rings (SSSR count). The highest BCUT2D eigenvalue weighted by molar-refractivity contribution is 7.12. The fourth-order valence-corrected chi connectivity index (χ4v) is 3.74. The second kappa shape index (κ2) is 9.40. The maximum Gasteiger partial charge on any atom is 0.325 e. The van der Waals surface area contributed by atoms with Crippen molar-refractivity contribution in [2.24, 2.45) is 0 Å². The third-order valence-corrected chi connectivity index (χ3v) is 5.56. The lowest BCUT2D eigenvalue weighted by molar-refractivity contribution is -0.141. The molecule has 9 nitrogen and oxygen atoms in total. The van der Waals surface area contributed by atoms with Crippen LogP contribution in [0.3, 0.4) is 0 Å². The summed E-state index contributed by atoms with van der Waals surface area (Å²) in [6.45, 7) is 0.129. The van der Waals surface area contributed by atoms with Gasteiger partial charge in [-0.15, -0.1) is 11.3 Å². The molecule has 162 valence electrons. The topological polar surface area (TPSA) is 115 Å². The van der Waals surface area contributed by atoms with Crippen LogP contribution in [0, 0.1) is 0 Å². The quantitative estimate of drug-likeness (QED) is 0.417. The van der Waals surface area contributed by atoms with E-state index in [9.17, 15) is 14.4 Å². The van der Waals surface area contributed by atoms with Gasteiger partial charge >= 0.3 is 5.97 Å². The van der Waals surface area contributed by atoms with Crippen LogP contribution in [0.15, 0.2) is 65.0 Å². The number of methoxy groups -OCH3 is 1. The van der Waals surface area contributed by atoms with Crippen molar-refractivity contribution < 1.29 is 14.3 Å². The van der Waals surface area contributed by atoms with Crippen molar-refractivity contribution >= 4 is 45.8 Å². The predicted molar refractivity (Wildman–Crippen MR) is 122 cm³/mol. The van der Waals surface area contributed by atoms with Gasteiger partial charge in [-0.2, -0.15) is 0 Å². The molecule has 0 atom stereocenters. The van der Waals surface area contributed by atoms with Crippen LogP contribution in [-0.2, 0) is 22.6 Å². The van der Waals surface area contributed by atoms with Gasteiger partial charge in [0.2, 0.25) is 0 Å². The molecule has 0 aliphatic heterocycles. The van der Waals surface area contributed by atoms with Crippen molar-refractivity contribution in [1.82, 2.24) is 14.5 Å². The van der Waals surface area contributed by atoms with Crippen LogP contribution in [0.25, 0.3) is 11.0 Å². The summed E-state index contributed by atoms with van der Waals surface area (Å²) in [7, 11) is 1.24. The Morgan fingerprint density at radius 1 is 1.12 bits per heavy atom. The smallest absolute Gasteiger partial charge is 0.325 e. The molecule has 0 saturated carbocycles. The molecule has 0 radical (unpaired) electrons. The summed E-state index contributed by atoms with van der Waals surface area (Å²) >= 11 is 1.26. The number of hydrogen-bond acceptors (Lipinski definition) is 8. The number of nitrogens with one attached hydrogen (secondary N) is 2. The highest BCUT2D eigenvalue weighted by Gasteiger charge is 2.18. The highest BCUT2D eigenvalue weighted by atomic mass is 32.1. The number of nitrogens with zero attached hydrogens (tertiary/aromatic N) is 3. The Bertz CT molecular complexity index is 1320. The molecule has 0 saturated heterocycles. The monoisotopic (exact) mass is 449 g/mol. The van der Waals surface area contributed by atoms with E-state index in [4.69, 9.17) is 4.74 Å². The molecule has 0 bridgehead atoms. The van der Waals surface area contributed by atoms with E-state index < -0.39 is 17.4 Å². The molecule has 0 spiro atoms. The predicted octanol–water partition coefficient (Wildman–Crippen LogP) is 2.89. The van der Waals surface area contributed by atoms with E-state index in [1.54, 1.807) is 17.5 Å². The molecule has 3 heterocycles. The third-order valence-electron chi connectivity index (χ3n) is 4.69. The van der Waals surface area contributed by atoms with Crippen LogP contribution >= 0.6 is 11.3 Å². The molecular weight excluding hydrogens is 430 g/mol. The van der Waals surface area contributed by atoms with Crippen LogP contribution < -0.4 is 16.2 Å². The molecule has 1 amide bonds. The minimum Gasteiger partial charge on any atom is -0.468 e. The summed E-state index contributed by atoms with van der Waals surface area (Å²) in [6.07, 6.45) is 1.31. The fourth-order valence-electron chi connectivity index (χ4n) is 3.13. The van der Waals surface area contributed by atoms with E-state index in [0.717, 1.165) is 5.56 Å². The number of benzene rings is 1. The second-order valence-electron chi connectivity index (χ2n) is 6.76. The third kappa shape index (κ3) is 4.49. The number of esters is 1. The largest absolute Gasteiger partial charge is 0.468 e. The van der Waals surface area contributed by atoms with E-state index in [1.807, 2.05) is 30.3 Å². The van der Waals surface area contributed by atoms with Crippen molar-refractivity contribution in [3.63, 3.8) is 0 Å². The molecule has 2 N–H and O–H groups in total. The summed E-state index contributed by atoms with van der Waals surface area (Å²) < 4.78 is 5.90. The van der Waals surface area contributed by atoms with Gasteiger partial charge in [0.25, 0.3) is 11.5 Å². The van der Waals surface area contributed by atoms with Crippen LogP contribution in [0.2, 0.25) is 0 Å². The summed E-state index contributed by atoms with van der Waals surface area (Å²) in [5.74, 6) is -0.576. The van der Waals surface area contributed by atoms with Gasteiger partial charge in [-0.25, -0.2) is 9.97 Å². The molecule has 3 aromatic heterocycles. The van der Waals surface area contributed by atoms with Gasteiger partial charge in [0.1, 0.15) is 30.0 Å². The number of carbonyl (C=O) groups excluding carboxylic acids is 2. The number of pyridine rings is 1. The Balaban J connectivity index is 1.78. The first-order valence-corrected chi connectivity index (χ1v) is 10.5.